The van der Waals surface area contributed by atoms with Crippen LogP contribution in [0.15, 0.2) is 430 Å². The zero-order valence-corrected chi connectivity index (χ0v) is 70.2. The van der Waals surface area contributed by atoms with Gasteiger partial charge in [-0.15, -0.1) is 0 Å². The van der Waals surface area contributed by atoms with Gasteiger partial charge >= 0.3 is 0 Å². The fourth-order valence-corrected chi connectivity index (χ4v) is 18.0. The summed E-state index contributed by atoms with van der Waals surface area (Å²) in [5.41, 5.74) is 14.3. The van der Waals surface area contributed by atoms with Crippen LogP contribution in [0.3, 0.4) is 0 Å². The number of hydrogen-bond acceptors (Lipinski definition) is 12. The fraction of sp³-hybridized carbons (Fsp3) is 0.0256. The summed E-state index contributed by atoms with van der Waals surface area (Å²) < 4.78 is 181. The monoisotopic (exact) mass is 1710 g/mol. The third kappa shape index (κ3) is 13.7. The van der Waals surface area contributed by atoms with E-state index in [1.165, 1.54) is 5.56 Å². The molecule has 0 N–H and O–H groups in total. The van der Waals surface area contributed by atoms with Crippen molar-refractivity contribution in [1.82, 2.24) is 73.5 Å². The molecule has 15 heteroatoms. The topological polar surface area (TPSA) is 169 Å². The normalized spacial score (nSPS) is 14.2. The van der Waals surface area contributed by atoms with E-state index in [2.05, 4.69) is 65.4 Å². The van der Waals surface area contributed by atoms with Crippen LogP contribution in [0.25, 0.3) is 230 Å². The van der Waals surface area contributed by atoms with Crippen LogP contribution in [0.4, 0.5) is 0 Å². The van der Waals surface area contributed by atoms with Crippen molar-refractivity contribution in [1.29, 1.82) is 0 Å². The maximum atomic E-state index is 9.16. The first kappa shape index (κ1) is 59.2. The van der Waals surface area contributed by atoms with Crippen molar-refractivity contribution in [3.63, 3.8) is 0 Å². The Balaban J connectivity index is 0.000000161. The number of para-hydroxylation sites is 4. The highest BCUT2D eigenvalue weighted by Gasteiger charge is 2.38. The molecule has 0 radical (unpaired) electrons. The lowest BCUT2D eigenvalue weighted by atomic mass is 9.82. The average Bonchev–Trinajstić information content (AvgIpc) is 1.54. The van der Waals surface area contributed by atoms with Crippen LogP contribution in [0, 0.1) is 0 Å². The van der Waals surface area contributed by atoms with Crippen molar-refractivity contribution in [2.24, 2.45) is 0 Å². The second-order valence-electron chi connectivity index (χ2n) is 32.0. The summed E-state index contributed by atoms with van der Waals surface area (Å²) in [4.78, 5) is 59.8. The molecule has 0 saturated carbocycles. The Hall–Kier alpha value is -17.8. The molecule has 15 nitrogen and oxygen atoms in total. The Morgan fingerprint density at radius 1 is 0.212 bits per heavy atom. The van der Waals surface area contributed by atoms with Gasteiger partial charge < -0.3 is 13.7 Å². The van der Waals surface area contributed by atoms with Crippen molar-refractivity contribution < 1.29 is 27.4 Å². The minimum atomic E-state index is -0.560. The minimum absolute atomic E-state index is 0.0153. The van der Waals surface area contributed by atoms with E-state index < -0.39 is 109 Å². The third-order valence-corrected chi connectivity index (χ3v) is 23.9. The van der Waals surface area contributed by atoms with Crippen molar-refractivity contribution in [3.05, 3.63) is 441 Å². The molecule has 7 heterocycles. The highest BCUT2D eigenvalue weighted by Crippen LogP contribution is 2.54. The number of nitrogens with zero attached hydrogens (tertiary/aromatic N) is 15. The van der Waals surface area contributed by atoms with Gasteiger partial charge in [-0.3, -0.25) is 0 Å². The number of rotatable bonds is 15. The predicted molar refractivity (Wildman–Crippen MR) is 532 cm³/mol. The lowest BCUT2D eigenvalue weighted by Gasteiger charge is -2.21. The molecule has 0 amide bonds. The molecule has 132 heavy (non-hydrogen) atoms. The van der Waals surface area contributed by atoms with E-state index in [4.69, 9.17) is 87.2 Å². The van der Waals surface area contributed by atoms with E-state index in [-0.39, 0.29) is 98.1 Å². The Labute approximate surface area is 788 Å². The molecular formula is C117H77N15. The highest BCUT2D eigenvalue weighted by atomic mass is 15.1. The van der Waals surface area contributed by atoms with Crippen LogP contribution in [0.1, 0.15) is 52.4 Å². The van der Waals surface area contributed by atoms with E-state index >= 15 is 0 Å². The fourth-order valence-electron chi connectivity index (χ4n) is 18.0. The summed E-state index contributed by atoms with van der Waals surface area (Å²) in [6, 6.07) is 88.4. The van der Waals surface area contributed by atoms with Crippen molar-refractivity contribution in [2.45, 2.75) is 19.3 Å². The SMILES string of the molecule is [2H]c1c([2H])c([2H])c(-c2nc(-c3ccccc3)nc(-c3ccc(-n4c5ccccc5c5ccc6c(c54)-c4ccccc4C6(C)C)c(-c4nc(-c5ccccc5)nc(-c5c([2H])c([2H])c([2H])c([2H])c5[2H])n4)c3)n2)c([2H])c1[2H].[2H]c1c([2H])c([2H])c(-c2nc(-c3ccccc3)nc(-c3ccc(-n4c5ccccc5c5ccc6c(c7ccccc7n6-c6c([2H])c([2H])c([2H])c([2H])c6[2H])c54)c(-c4nc(-c5ccccc5)nc(-c5ccccc5)n4)c3)n2)c([2H])c1[2H]. The van der Waals surface area contributed by atoms with Gasteiger partial charge in [-0.1, -0.05) is 371 Å². The molecule has 0 atom stereocenters. The third-order valence-electron chi connectivity index (χ3n) is 23.9. The number of fused-ring (bicyclic) bond motifs is 14. The first-order valence-electron chi connectivity index (χ1n) is 52.5. The molecule has 0 spiro atoms. The molecule has 0 bridgehead atoms. The van der Waals surface area contributed by atoms with Gasteiger partial charge in [-0.25, -0.2) is 59.8 Å². The second-order valence-corrected chi connectivity index (χ2v) is 32.0. The smallest absolute Gasteiger partial charge is 0.166 e. The van der Waals surface area contributed by atoms with Gasteiger partial charge in [-0.05, 0) is 89.4 Å². The number of aromatic nitrogens is 15. The molecule has 24 aromatic rings. The van der Waals surface area contributed by atoms with Crippen LogP contribution in [0.2, 0.25) is 0 Å². The zero-order chi connectivity index (χ0) is 105. The molecule has 0 fully saturated rings. The second kappa shape index (κ2) is 32.6. The molecule has 17 aromatic carbocycles. The zero-order valence-electron chi connectivity index (χ0n) is 90.2. The quantitative estimate of drug-likeness (QED) is 0.0953. The predicted octanol–water partition coefficient (Wildman–Crippen LogP) is 27.7. The van der Waals surface area contributed by atoms with Crippen molar-refractivity contribution in [3.8, 4) is 165 Å². The van der Waals surface area contributed by atoms with E-state index in [1.807, 2.05) is 255 Å². The maximum Gasteiger partial charge on any atom is 0.166 e. The summed E-state index contributed by atoms with van der Waals surface area (Å²) in [5, 5.41) is 5.27. The molecule has 0 saturated heterocycles. The summed E-state index contributed by atoms with van der Waals surface area (Å²) in [6.45, 7) is 4.45. The lowest BCUT2D eigenvalue weighted by Crippen LogP contribution is -2.14. The first-order chi connectivity index (χ1) is 73.5. The number of benzene rings is 17. The summed E-state index contributed by atoms with van der Waals surface area (Å²) in [6.07, 6.45) is 0. The van der Waals surface area contributed by atoms with Crippen LogP contribution in [0.5, 0.6) is 0 Å². The molecule has 0 unspecified atom stereocenters. The minimum Gasteiger partial charge on any atom is -0.309 e. The summed E-state index contributed by atoms with van der Waals surface area (Å²) >= 11 is 0. The molecular weight excluding hydrogens is 1620 g/mol. The van der Waals surface area contributed by atoms with Crippen LogP contribution in [-0.2, 0) is 5.41 Å². The van der Waals surface area contributed by atoms with Crippen LogP contribution < -0.4 is 0 Å². The van der Waals surface area contributed by atoms with Crippen LogP contribution in [-0.4, -0.2) is 73.5 Å². The van der Waals surface area contributed by atoms with Gasteiger partial charge in [-0.2, -0.15) is 0 Å². The van der Waals surface area contributed by atoms with Gasteiger partial charge in [0.1, 0.15) is 0 Å². The van der Waals surface area contributed by atoms with Gasteiger partial charge in [0.25, 0.3) is 0 Å². The standard InChI is InChI=1S/C60H38N8.C57H39N7/c1-6-20-39(21-7-1)55-61-56(40-22-8-2-9-23-40)64-59(63-55)43-34-36-51(48(38-43)60-65-57(41-24-10-3-11-25-41)62-58(66-60)42-26-12-4-13-27-42)68-49-32-18-16-30-45(49)46-35-37-52-53(54(46)68)47-31-17-19-33-50(47)67(52)44-28-14-5-15-29-44;1-57(2)45-29-17-15-28-43(45)49-46(57)33-32-42-41-27-16-18-30-47(41)64(50(42)49)48-34-31-40(55-60-51(36-19-7-3-8-20-36)58-52(61-55)37-21-9-4-10-22-37)35-44(48)56-62-53(38-23-11-5-12-24-38)59-54(63-56)39-25-13-6-14-26-39/h1-38H;3-35H,1-2H3/i1D,5D,6D,7D,14D,15D,20D,21D,28D,29D;3D,5D,7D,8D,11D,12D,19D,20D,23D,24D. The average molecular weight is 1710 g/mol. The van der Waals surface area contributed by atoms with Crippen LogP contribution >= 0.6 is 0 Å². The van der Waals surface area contributed by atoms with Gasteiger partial charge in [0, 0.05) is 116 Å². The molecule has 1 aliphatic rings. The van der Waals surface area contributed by atoms with Gasteiger partial charge in [0.15, 0.2) is 69.9 Å². The maximum absolute atomic E-state index is 9.16. The lowest BCUT2D eigenvalue weighted by molar-refractivity contribution is 0.661. The molecule has 620 valence electrons. The molecule has 25 rings (SSSR count). The Morgan fingerprint density at radius 3 is 0.932 bits per heavy atom. The van der Waals surface area contributed by atoms with Gasteiger partial charge in [0.2, 0.25) is 0 Å². The largest absolute Gasteiger partial charge is 0.309 e. The highest BCUT2D eigenvalue weighted by molar-refractivity contribution is 6.26. The molecule has 7 aromatic heterocycles. The Morgan fingerprint density at radius 2 is 0.523 bits per heavy atom. The summed E-state index contributed by atoms with van der Waals surface area (Å²) in [5.74, 6) is 1.50. The van der Waals surface area contributed by atoms with E-state index in [1.54, 1.807) is 16.7 Å². The molecule has 0 aliphatic heterocycles. The van der Waals surface area contributed by atoms with Crippen molar-refractivity contribution in [2.75, 3.05) is 0 Å². The van der Waals surface area contributed by atoms with E-state index in [9.17, 15) is 0 Å². The first-order valence-corrected chi connectivity index (χ1v) is 42.5. The van der Waals surface area contributed by atoms with Crippen molar-refractivity contribution >= 4 is 65.4 Å². The van der Waals surface area contributed by atoms with E-state index in [0.717, 1.165) is 82.2 Å². The molecule has 1 aliphatic carbocycles. The Bertz CT molecular complexity index is 9760. The van der Waals surface area contributed by atoms with E-state index in [0.29, 0.717) is 73.0 Å². The summed E-state index contributed by atoms with van der Waals surface area (Å²) in [7, 11) is 0. The van der Waals surface area contributed by atoms with Gasteiger partial charge in [0.05, 0.1) is 71.9 Å². The number of hydrogen-bond donors (Lipinski definition) is 0. The Kier molecular flexibility index (Phi) is 14.6.